The van der Waals surface area contributed by atoms with E-state index in [2.05, 4.69) is 20.9 Å². The number of aromatic nitrogens is 1. The van der Waals surface area contributed by atoms with Crippen LogP contribution >= 0.6 is 27.5 Å². The van der Waals surface area contributed by atoms with E-state index in [1.165, 1.54) is 18.5 Å². The minimum Gasteiger partial charge on any atom is -0.505 e. The van der Waals surface area contributed by atoms with Gasteiger partial charge in [-0.3, -0.25) is 9.78 Å². The molecule has 0 atom stereocenters. The normalized spacial score (nSPS) is 10.8. The highest BCUT2D eigenvalue weighted by Crippen LogP contribution is 2.24. The molecule has 2 aromatic rings. The number of carbonyl (C=O) groups is 1. The molecule has 0 amide bonds. The van der Waals surface area contributed by atoms with Crippen LogP contribution in [0.2, 0.25) is 5.02 Å². The molecule has 1 N–H and O–H groups in total. The number of hydrogen-bond donors (Lipinski definition) is 1. The predicted molar refractivity (Wildman–Crippen MR) is 78.4 cm³/mol. The van der Waals surface area contributed by atoms with Crippen LogP contribution in [0.1, 0.15) is 15.9 Å². The van der Waals surface area contributed by atoms with Gasteiger partial charge in [0.1, 0.15) is 5.75 Å². The summed E-state index contributed by atoms with van der Waals surface area (Å²) in [4.78, 5) is 15.6. The van der Waals surface area contributed by atoms with E-state index >= 15 is 0 Å². The summed E-state index contributed by atoms with van der Waals surface area (Å²) >= 11 is 9.18. The summed E-state index contributed by atoms with van der Waals surface area (Å²) in [5.41, 5.74) is 0.936. The third-order valence-electron chi connectivity index (χ3n) is 2.42. The van der Waals surface area contributed by atoms with Crippen molar-refractivity contribution in [2.45, 2.75) is 0 Å². The van der Waals surface area contributed by atoms with E-state index in [4.69, 9.17) is 11.6 Å². The summed E-state index contributed by atoms with van der Waals surface area (Å²) in [6.45, 7) is 0. The van der Waals surface area contributed by atoms with Gasteiger partial charge in [-0.25, -0.2) is 0 Å². The number of carbonyl (C=O) groups excluding carboxylic acids is 1. The highest BCUT2D eigenvalue weighted by Gasteiger charge is 2.12. The number of aromatic hydroxyl groups is 1. The van der Waals surface area contributed by atoms with Crippen LogP contribution < -0.4 is 0 Å². The van der Waals surface area contributed by atoms with Crippen LogP contribution in [-0.2, 0) is 0 Å². The molecule has 0 radical (unpaired) electrons. The molecule has 0 unspecified atom stereocenters. The summed E-state index contributed by atoms with van der Waals surface area (Å²) in [6.07, 6.45) is 5.53. The Labute approximate surface area is 123 Å². The molecule has 0 aliphatic heterocycles. The Morgan fingerprint density at radius 2 is 1.95 bits per heavy atom. The van der Waals surface area contributed by atoms with Crippen LogP contribution in [0.3, 0.4) is 0 Å². The fourth-order valence-electron chi connectivity index (χ4n) is 1.50. The number of benzene rings is 1. The van der Waals surface area contributed by atoms with Gasteiger partial charge in [0, 0.05) is 10.7 Å². The van der Waals surface area contributed by atoms with Gasteiger partial charge in [-0.1, -0.05) is 45.7 Å². The highest BCUT2D eigenvalue weighted by molar-refractivity contribution is 9.10. The molecular weight excluding hydrogens is 330 g/mol. The highest BCUT2D eigenvalue weighted by atomic mass is 79.9. The molecule has 5 heteroatoms. The van der Waals surface area contributed by atoms with Gasteiger partial charge in [0.15, 0.2) is 5.78 Å². The largest absolute Gasteiger partial charge is 0.505 e. The fourth-order valence-corrected chi connectivity index (χ4v) is 2.01. The zero-order valence-corrected chi connectivity index (χ0v) is 12.0. The van der Waals surface area contributed by atoms with Gasteiger partial charge < -0.3 is 5.11 Å². The Kier molecular flexibility index (Phi) is 4.35. The second-order valence-electron chi connectivity index (χ2n) is 3.76. The molecule has 3 nitrogen and oxygen atoms in total. The lowest BCUT2D eigenvalue weighted by Crippen LogP contribution is -1.97. The number of pyridine rings is 1. The second kappa shape index (κ2) is 5.99. The number of rotatable bonds is 3. The first kappa shape index (κ1) is 13.8. The molecule has 2 rings (SSSR count). The Morgan fingerprint density at radius 1 is 1.26 bits per heavy atom. The van der Waals surface area contributed by atoms with E-state index in [1.54, 1.807) is 6.08 Å². The van der Waals surface area contributed by atoms with Crippen molar-refractivity contribution in [1.29, 1.82) is 0 Å². The molecule has 96 valence electrons. The van der Waals surface area contributed by atoms with E-state index in [0.717, 1.165) is 10.0 Å². The monoisotopic (exact) mass is 337 g/mol. The second-order valence-corrected chi connectivity index (χ2v) is 5.09. The summed E-state index contributed by atoms with van der Waals surface area (Å²) in [6, 6.07) is 7.48. The van der Waals surface area contributed by atoms with Crippen molar-refractivity contribution in [3.8, 4) is 5.75 Å². The Balaban J connectivity index is 2.24. The molecule has 1 aromatic heterocycles. The number of allylic oxidation sites excluding steroid dienone is 1. The molecule has 0 bridgehead atoms. The Morgan fingerprint density at radius 3 is 2.58 bits per heavy atom. The maximum absolute atomic E-state index is 12.0. The molecule has 19 heavy (non-hydrogen) atoms. The molecular formula is C14H9BrClNO2. The number of nitrogens with zero attached hydrogens (tertiary/aromatic N) is 1. The first-order chi connectivity index (χ1) is 9.08. The average Bonchev–Trinajstić information content (AvgIpc) is 2.38. The van der Waals surface area contributed by atoms with E-state index < -0.39 is 0 Å². The minimum atomic E-state index is -0.368. The van der Waals surface area contributed by atoms with Crippen LogP contribution in [-0.4, -0.2) is 15.9 Å². The van der Waals surface area contributed by atoms with Gasteiger partial charge in [0.25, 0.3) is 0 Å². The summed E-state index contributed by atoms with van der Waals surface area (Å²) in [7, 11) is 0. The van der Waals surface area contributed by atoms with Crippen LogP contribution in [0.25, 0.3) is 6.08 Å². The quantitative estimate of drug-likeness (QED) is 0.677. The van der Waals surface area contributed by atoms with Crippen molar-refractivity contribution >= 4 is 39.4 Å². The zero-order valence-electron chi connectivity index (χ0n) is 9.68. The van der Waals surface area contributed by atoms with Crippen molar-refractivity contribution in [3.05, 3.63) is 63.4 Å². The number of ketones is 1. The lowest BCUT2D eigenvalue weighted by molar-refractivity contribution is 0.104. The fraction of sp³-hybridized carbons (Fsp3) is 0. The van der Waals surface area contributed by atoms with Gasteiger partial charge in [0.2, 0.25) is 0 Å². The van der Waals surface area contributed by atoms with E-state index in [9.17, 15) is 9.90 Å². The van der Waals surface area contributed by atoms with Gasteiger partial charge in [-0.05, 0) is 23.8 Å². The molecule has 1 heterocycles. The van der Waals surface area contributed by atoms with Crippen molar-refractivity contribution in [2.24, 2.45) is 0 Å². The van der Waals surface area contributed by atoms with Crippen molar-refractivity contribution in [2.75, 3.05) is 0 Å². The van der Waals surface area contributed by atoms with E-state index in [1.807, 2.05) is 24.3 Å². The molecule has 0 aliphatic carbocycles. The van der Waals surface area contributed by atoms with Crippen LogP contribution in [0.4, 0.5) is 0 Å². The van der Waals surface area contributed by atoms with Crippen molar-refractivity contribution < 1.29 is 9.90 Å². The van der Waals surface area contributed by atoms with Crippen LogP contribution in [0, 0.1) is 0 Å². The minimum absolute atomic E-state index is 0.0602. The zero-order chi connectivity index (χ0) is 13.8. The topological polar surface area (TPSA) is 50.2 Å². The van der Waals surface area contributed by atoms with E-state index in [-0.39, 0.29) is 22.1 Å². The molecule has 0 fully saturated rings. The number of halogens is 2. The lowest BCUT2D eigenvalue weighted by Gasteiger charge is -2.01. The summed E-state index contributed by atoms with van der Waals surface area (Å²) < 4.78 is 0.964. The lowest BCUT2D eigenvalue weighted by atomic mass is 10.1. The Bertz CT molecular complexity index is 618. The first-order valence-electron chi connectivity index (χ1n) is 5.38. The molecule has 0 saturated carbocycles. The molecule has 0 aliphatic rings. The van der Waals surface area contributed by atoms with Gasteiger partial charge in [-0.15, -0.1) is 0 Å². The predicted octanol–water partition coefficient (Wildman–Crippen LogP) is 4.10. The maximum atomic E-state index is 12.0. The Hall–Kier alpha value is -1.65. The van der Waals surface area contributed by atoms with E-state index in [0.29, 0.717) is 0 Å². The smallest absolute Gasteiger partial charge is 0.191 e. The summed E-state index contributed by atoms with van der Waals surface area (Å²) in [5, 5.41) is 9.72. The van der Waals surface area contributed by atoms with Crippen LogP contribution in [0.5, 0.6) is 5.75 Å². The maximum Gasteiger partial charge on any atom is 0.191 e. The summed E-state index contributed by atoms with van der Waals surface area (Å²) in [5.74, 6) is -0.592. The van der Waals surface area contributed by atoms with Gasteiger partial charge in [-0.2, -0.15) is 0 Å². The molecule has 0 saturated heterocycles. The molecule has 1 aromatic carbocycles. The third-order valence-corrected chi connectivity index (χ3v) is 3.24. The molecule has 0 spiro atoms. The average molecular weight is 339 g/mol. The first-order valence-corrected chi connectivity index (χ1v) is 6.55. The van der Waals surface area contributed by atoms with Crippen molar-refractivity contribution in [1.82, 2.24) is 4.98 Å². The van der Waals surface area contributed by atoms with Crippen LogP contribution in [0.15, 0.2) is 47.2 Å². The van der Waals surface area contributed by atoms with Gasteiger partial charge in [0.05, 0.1) is 16.8 Å². The number of hydrogen-bond acceptors (Lipinski definition) is 3. The standard InChI is InChI=1S/C14H9BrClNO2/c15-10-4-1-9(2-5-10)3-6-12(18)14-11(16)7-17-8-13(14)19/h1-8,19H/b6-3+. The van der Waals surface area contributed by atoms with Crippen molar-refractivity contribution in [3.63, 3.8) is 0 Å². The van der Waals surface area contributed by atoms with Gasteiger partial charge >= 0.3 is 0 Å². The SMILES string of the molecule is O=C(/C=C/c1ccc(Br)cc1)c1c(O)cncc1Cl. The third kappa shape index (κ3) is 3.43.